The molecule has 0 unspecified atom stereocenters. The molecule has 2 amide bonds. The van der Waals surface area contributed by atoms with E-state index in [0.717, 1.165) is 11.1 Å². The SMILES string of the molecule is C=C(C)CN(C)C(=O)Nc1ccccc1CCC(=O)O. The number of likely N-dealkylation sites (N-methyl/N-ethyl adjacent to an activating group) is 1. The Morgan fingerprint density at radius 2 is 2.00 bits per heavy atom. The van der Waals surface area contributed by atoms with Crippen LogP contribution in [-0.4, -0.2) is 35.6 Å². The highest BCUT2D eigenvalue weighted by atomic mass is 16.4. The van der Waals surface area contributed by atoms with Crippen LogP contribution in [0.1, 0.15) is 18.9 Å². The lowest BCUT2D eigenvalue weighted by Gasteiger charge is -2.19. The summed E-state index contributed by atoms with van der Waals surface area (Å²) in [6.07, 6.45) is 0.421. The van der Waals surface area contributed by atoms with Crippen LogP contribution in [0.15, 0.2) is 36.4 Å². The Morgan fingerprint density at radius 1 is 1.35 bits per heavy atom. The molecule has 0 bridgehead atoms. The zero-order valence-corrected chi connectivity index (χ0v) is 11.8. The van der Waals surface area contributed by atoms with Gasteiger partial charge < -0.3 is 15.3 Å². The third-order valence-electron chi connectivity index (χ3n) is 2.72. The molecule has 5 nitrogen and oxygen atoms in total. The van der Waals surface area contributed by atoms with Crippen LogP contribution in [0.5, 0.6) is 0 Å². The van der Waals surface area contributed by atoms with E-state index in [-0.39, 0.29) is 12.5 Å². The Hall–Kier alpha value is -2.30. The van der Waals surface area contributed by atoms with Crippen molar-refractivity contribution in [2.45, 2.75) is 19.8 Å². The number of aryl methyl sites for hydroxylation is 1. The molecule has 0 atom stereocenters. The number of nitrogens with zero attached hydrogens (tertiary/aromatic N) is 1. The van der Waals surface area contributed by atoms with Gasteiger partial charge in [0.25, 0.3) is 0 Å². The molecule has 1 rings (SSSR count). The highest BCUT2D eigenvalue weighted by molar-refractivity contribution is 5.90. The van der Waals surface area contributed by atoms with Gasteiger partial charge in [0.05, 0.1) is 0 Å². The number of carbonyl (C=O) groups is 2. The van der Waals surface area contributed by atoms with E-state index >= 15 is 0 Å². The zero-order valence-electron chi connectivity index (χ0n) is 11.8. The molecule has 5 heteroatoms. The maximum Gasteiger partial charge on any atom is 0.321 e. The van der Waals surface area contributed by atoms with E-state index in [2.05, 4.69) is 11.9 Å². The molecule has 0 aromatic heterocycles. The van der Waals surface area contributed by atoms with E-state index in [1.54, 1.807) is 19.2 Å². The molecule has 108 valence electrons. The van der Waals surface area contributed by atoms with Crippen molar-refractivity contribution in [2.75, 3.05) is 18.9 Å². The van der Waals surface area contributed by atoms with Gasteiger partial charge in [-0.25, -0.2) is 4.79 Å². The summed E-state index contributed by atoms with van der Waals surface area (Å²) in [6.45, 7) is 6.09. The molecule has 2 N–H and O–H groups in total. The standard InChI is InChI=1S/C15H20N2O3/c1-11(2)10-17(3)15(20)16-13-7-5-4-6-12(13)8-9-14(18)19/h4-7H,1,8-10H2,2-3H3,(H,16,20)(H,18,19). The number of hydrogen-bond acceptors (Lipinski definition) is 2. The molecule has 0 aliphatic carbocycles. The number of carboxylic acid groups (broad SMARTS) is 1. The second kappa shape index (κ2) is 7.33. The lowest BCUT2D eigenvalue weighted by atomic mass is 10.1. The van der Waals surface area contributed by atoms with Crippen LogP contribution in [0, 0.1) is 0 Å². The first-order chi connectivity index (χ1) is 9.40. The molecule has 0 heterocycles. The van der Waals surface area contributed by atoms with Crippen molar-refractivity contribution in [2.24, 2.45) is 0 Å². The number of benzene rings is 1. The van der Waals surface area contributed by atoms with Gasteiger partial charge in [-0.15, -0.1) is 0 Å². The molecule has 0 aliphatic heterocycles. The maximum absolute atomic E-state index is 12.0. The van der Waals surface area contributed by atoms with Gasteiger partial charge in [-0.2, -0.15) is 0 Å². The molecule has 0 fully saturated rings. The minimum atomic E-state index is -0.856. The van der Waals surface area contributed by atoms with Crippen molar-refractivity contribution in [1.29, 1.82) is 0 Å². The number of anilines is 1. The monoisotopic (exact) mass is 276 g/mol. The van der Waals surface area contributed by atoms with Gasteiger partial charge in [-0.05, 0) is 25.0 Å². The lowest BCUT2D eigenvalue weighted by molar-refractivity contribution is -0.136. The summed E-state index contributed by atoms with van der Waals surface area (Å²) in [6, 6.07) is 6.97. The number of carbonyl (C=O) groups excluding carboxylic acids is 1. The number of hydrogen-bond donors (Lipinski definition) is 2. The summed E-state index contributed by atoms with van der Waals surface area (Å²) < 4.78 is 0. The zero-order chi connectivity index (χ0) is 15.1. The number of carboxylic acids is 1. The van der Waals surface area contributed by atoms with Gasteiger partial charge in [-0.1, -0.05) is 30.4 Å². The van der Waals surface area contributed by atoms with E-state index in [1.165, 1.54) is 4.90 Å². The summed E-state index contributed by atoms with van der Waals surface area (Å²) >= 11 is 0. The van der Waals surface area contributed by atoms with E-state index in [1.807, 2.05) is 19.1 Å². The van der Waals surface area contributed by atoms with Gasteiger partial charge >= 0.3 is 12.0 Å². The summed E-state index contributed by atoms with van der Waals surface area (Å²) in [5.74, 6) is -0.856. The normalized spacial score (nSPS) is 9.90. The number of nitrogens with one attached hydrogen (secondary N) is 1. The average molecular weight is 276 g/mol. The Balaban J connectivity index is 2.73. The Bertz CT molecular complexity index is 512. The largest absolute Gasteiger partial charge is 0.481 e. The molecule has 0 saturated heterocycles. The predicted octanol–water partition coefficient (Wildman–Crippen LogP) is 2.74. The van der Waals surface area contributed by atoms with E-state index in [9.17, 15) is 9.59 Å². The topological polar surface area (TPSA) is 69.6 Å². The van der Waals surface area contributed by atoms with Crippen LogP contribution >= 0.6 is 0 Å². The predicted molar refractivity (Wildman–Crippen MR) is 78.9 cm³/mol. The van der Waals surface area contributed by atoms with Crippen LogP contribution < -0.4 is 5.32 Å². The Kier molecular flexibility index (Phi) is 5.77. The number of aliphatic carboxylic acids is 1. The number of para-hydroxylation sites is 1. The van der Waals surface area contributed by atoms with Gasteiger partial charge in [-0.3, -0.25) is 4.79 Å². The molecule has 0 radical (unpaired) electrons. The number of amides is 2. The van der Waals surface area contributed by atoms with Gasteiger partial charge in [0, 0.05) is 25.7 Å². The van der Waals surface area contributed by atoms with Crippen molar-refractivity contribution < 1.29 is 14.7 Å². The molecule has 1 aromatic carbocycles. The quantitative estimate of drug-likeness (QED) is 0.785. The minimum Gasteiger partial charge on any atom is -0.481 e. The van der Waals surface area contributed by atoms with E-state index in [0.29, 0.717) is 18.7 Å². The first-order valence-electron chi connectivity index (χ1n) is 6.36. The van der Waals surface area contributed by atoms with Crippen LogP contribution in [0.4, 0.5) is 10.5 Å². The van der Waals surface area contributed by atoms with Crippen molar-refractivity contribution in [3.8, 4) is 0 Å². The highest BCUT2D eigenvalue weighted by Gasteiger charge is 2.11. The lowest BCUT2D eigenvalue weighted by Crippen LogP contribution is -2.32. The van der Waals surface area contributed by atoms with Crippen LogP contribution in [-0.2, 0) is 11.2 Å². The van der Waals surface area contributed by atoms with Gasteiger partial charge in [0.15, 0.2) is 0 Å². The van der Waals surface area contributed by atoms with Crippen LogP contribution in [0.3, 0.4) is 0 Å². The van der Waals surface area contributed by atoms with Crippen molar-refractivity contribution >= 4 is 17.7 Å². The first kappa shape index (κ1) is 15.8. The minimum absolute atomic E-state index is 0.0362. The molecule has 0 saturated carbocycles. The van der Waals surface area contributed by atoms with E-state index < -0.39 is 5.97 Å². The third kappa shape index (κ3) is 5.14. The summed E-state index contributed by atoms with van der Waals surface area (Å²) in [5.41, 5.74) is 2.35. The van der Waals surface area contributed by atoms with Gasteiger partial charge in [0.2, 0.25) is 0 Å². The molecule has 0 aliphatic rings. The summed E-state index contributed by atoms with van der Waals surface area (Å²) in [5, 5.41) is 11.5. The smallest absolute Gasteiger partial charge is 0.321 e. The molecular formula is C15H20N2O3. The van der Waals surface area contributed by atoms with Gasteiger partial charge in [0.1, 0.15) is 0 Å². The molecule has 0 spiro atoms. The average Bonchev–Trinajstić information content (AvgIpc) is 2.36. The van der Waals surface area contributed by atoms with Crippen molar-refractivity contribution in [3.63, 3.8) is 0 Å². The molecule has 20 heavy (non-hydrogen) atoms. The molecular weight excluding hydrogens is 256 g/mol. The highest BCUT2D eigenvalue weighted by Crippen LogP contribution is 2.17. The fourth-order valence-electron chi connectivity index (χ4n) is 1.79. The first-order valence-corrected chi connectivity index (χ1v) is 6.36. The number of urea groups is 1. The fraction of sp³-hybridized carbons (Fsp3) is 0.333. The summed E-state index contributed by atoms with van der Waals surface area (Å²) in [7, 11) is 1.68. The van der Waals surface area contributed by atoms with Crippen molar-refractivity contribution in [3.05, 3.63) is 42.0 Å². The molecule has 1 aromatic rings. The number of rotatable bonds is 6. The Morgan fingerprint density at radius 3 is 2.60 bits per heavy atom. The fourth-order valence-corrected chi connectivity index (χ4v) is 1.79. The van der Waals surface area contributed by atoms with E-state index in [4.69, 9.17) is 5.11 Å². The van der Waals surface area contributed by atoms with Crippen LogP contribution in [0.25, 0.3) is 0 Å². The summed E-state index contributed by atoms with van der Waals surface area (Å²) in [4.78, 5) is 24.2. The Labute approximate surface area is 118 Å². The van der Waals surface area contributed by atoms with Crippen molar-refractivity contribution in [1.82, 2.24) is 4.90 Å². The third-order valence-corrected chi connectivity index (χ3v) is 2.72. The second-order valence-electron chi connectivity index (χ2n) is 4.79. The van der Waals surface area contributed by atoms with Crippen LogP contribution in [0.2, 0.25) is 0 Å². The second-order valence-corrected chi connectivity index (χ2v) is 4.79. The maximum atomic E-state index is 12.0.